The van der Waals surface area contributed by atoms with E-state index < -0.39 is 0 Å². The van der Waals surface area contributed by atoms with Gasteiger partial charge in [0.2, 0.25) is 0 Å². The first-order valence-electron chi connectivity index (χ1n) is 13.1. The molecule has 0 saturated carbocycles. The summed E-state index contributed by atoms with van der Waals surface area (Å²) in [5.74, 6) is -0.861. The molecule has 2 aromatic carbocycles. The molecule has 9 heteroatoms. The number of hydrogen-bond donors (Lipinski definition) is 0. The molecular weight excluding hydrogens is 603 g/mol. The van der Waals surface area contributed by atoms with Crippen LogP contribution in [0.1, 0.15) is 51.2 Å². The second-order valence-corrected chi connectivity index (χ2v) is 14.6. The Morgan fingerprint density at radius 1 is 0.524 bits per heavy atom. The van der Waals surface area contributed by atoms with Crippen LogP contribution in [-0.4, -0.2) is 27.7 Å². The van der Waals surface area contributed by atoms with Crippen molar-refractivity contribution in [1.29, 1.82) is 0 Å². The summed E-state index contributed by atoms with van der Waals surface area (Å²) in [5.41, 5.74) is 4.61. The van der Waals surface area contributed by atoms with Crippen LogP contribution in [0, 0.1) is 0 Å². The molecule has 0 amide bonds. The summed E-state index contributed by atoms with van der Waals surface area (Å²) in [4.78, 5) is 53.4. The molecule has 0 unspecified atom stereocenters. The maximum Gasteiger partial charge on any atom is 0.197 e. The molecule has 5 nitrogen and oxygen atoms in total. The molecule has 200 valence electrons. The molecule has 9 rings (SSSR count). The van der Waals surface area contributed by atoms with E-state index in [0.29, 0.717) is 22.3 Å². The van der Waals surface area contributed by atoms with Crippen molar-refractivity contribution >= 4 is 120 Å². The van der Waals surface area contributed by atoms with Gasteiger partial charge in [0.05, 0.1) is 41.0 Å². The largest absolute Gasteiger partial charge is 0.340 e. The topological polar surface area (TPSA) is 73.2 Å². The summed E-state index contributed by atoms with van der Waals surface area (Å²) in [5, 5.41) is 0. The van der Waals surface area contributed by atoms with Crippen molar-refractivity contribution in [1.82, 2.24) is 4.57 Å². The SMILES string of the molecule is Cn1c2c3sc(C=C4C(=O)c5ccccc5C4=O)cc3sc2c2sc3cc(C=C4C(=O)c5ccccc5C4=O)sc3c21. The summed E-state index contributed by atoms with van der Waals surface area (Å²) in [6.45, 7) is 0. The maximum absolute atomic E-state index is 12.9. The molecule has 2 aliphatic carbocycles. The predicted molar refractivity (Wildman–Crippen MR) is 173 cm³/mol. The highest BCUT2D eigenvalue weighted by Gasteiger charge is 2.34. The number of rotatable bonds is 2. The van der Waals surface area contributed by atoms with Crippen LogP contribution >= 0.6 is 45.3 Å². The highest BCUT2D eigenvalue weighted by molar-refractivity contribution is 7.38. The average Bonchev–Trinajstić information content (AvgIpc) is 3.82. The molecule has 5 aromatic heterocycles. The van der Waals surface area contributed by atoms with Gasteiger partial charge in [0.1, 0.15) is 0 Å². The minimum absolute atomic E-state index is 0.215. The third kappa shape index (κ3) is 3.11. The van der Waals surface area contributed by atoms with Gasteiger partial charge in [-0.05, 0) is 24.3 Å². The third-order valence-corrected chi connectivity index (χ3v) is 12.8. The highest BCUT2D eigenvalue weighted by Crippen LogP contribution is 2.50. The first-order valence-corrected chi connectivity index (χ1v) is 16.3. The van der Waals surface area contributed by atoms with Crippen LogP contribution in [0.15, 0.2) is 71.8 Å². The monoisotopic (exact) mass is 617 g/mol. The third-order valence-electron chi connectivity index (χ3n) is 7.98. The lowest BCUT2D eigenvalue weighted by atomic mass is 10.1. The number of fused-ring (bicyclic) bond motifs is 9. The number of nitrogens with zero attached hydrogens (tertiary/aromatic N) is 1. The normalized spacial score (nSPS) is 14.9. The Bertz CT molecular complexity index is 2260. The lowest BCUT2D eigenvalue weighted by molar-refractivity contribution is 0.0975. The average molecular weight is 618 g/mol. The van der Waals surface area contributed by atoms with E-state index in [-0.39, 0.29) is 34.3 Å². The molecular formula is C33H15NO4S4. The molecule has 0 fully saturated rings. The Balaban J connectivity index is 1.14. The Morgan fingerprint density at radius 3 is 1.24 bits per heavy atom. The number of Topliss-reactive ketones (excluding diaryl/α,β-unsaturated/α-hetero) is 4. The van der Waals surface area contributed by atoms with E-state index >= 15 is 0 Å². The molecule has 0 bridgehead atoms. The van der Waals surface area contributed by atoms with E-state index in [0.717, 1.165) is 39.6 Å². The zero-order chi connectivity index (χ0) is 28.4. The number of thiophene rings is 4. The molecule has 7 aromatic rings. The molecule has 0 saturated heterocycles. The fraction of sp³-hybridized carbons (Fsp3) is 0.0303. The number of benzene rings is 2. The van der Waals surface area contributed by atoms with Crippen LogP contribution in [-0.2, 0) is 7.05 Å². The maximum atomic E-state index is 12.9. The summed E-state index contributed by atoms with van der Waals surface area (Å²) in [6.07, 6.45) is 3.47. The number of carbonyl (C=O) groups is 4. The van der Waals surface area contributed by atoms with Crippen molar-refractivity contribution in [2.45, 2.75) is 0 Å². The summed E-state index contributed by atoms with van der Waals surface area (Å²) in [6, 6.07) is 18.1. The number of aromatic nitrogens is 1. The number of aryl methyl sites for hydroxylation is 1. The minimum atomic E-state index is -0.215. The van der Waals surface area contributed by atoms with E-state index in [9.17, 15) is 19.2 Å². The summed E-state index contributed by atoms with van der Waals surface area (Å²) < 4.78 is 9.20. The Hall–Kier alpha value is -4.28. The molecule has 0 N–H and O–H groups in total. The smallest absolute Gasteiger partial charge is 0.197 e. The molecule has 5 heterocycles. The van der Waals surface area contributed by atoms with Gasteiger partial charge in [0, 0.05) is 48.5 Å². The zero-order valence-corrected chi connectivity index (χ0v) is 24.9. The van der Waals surface area contributed by atoms with E-state index in [1.54, 1.807) is 106 Å². The van der Waals surface area contributed by atoms with Gasteiger partial charge < -0.3 is 4.57 Å². The van der Waals surface area contributed by atoms with Crippen LogP contribution < -0.4 is 0 Å². The van der Waals surface area contributed by atoms with Crippen LogP contribution in [0.25, 0.3) is 51.4 Å². The Morgan fingerprint density at radius 2 is 0.881 bits per heavy atom. The van der Waals surface area contributed by atoms with Crippen molar-refractivity contribution in [2.24, 2.45) is 7.05 Å². The molecule has 0 radical (unpaired) electrons. The minimum Gasteiger partial charge on any atom is -0.340 e. The van der Waals surface area contributed by atoms with Gasteiger partial charge >= 0.3 is 0 Å². The van der Waals surface area contributed by atoms with Crippen LogP contribution in [0.4, 0.5) is 0 Å². The molecule has 0 atom stereocenters. The van der Waals surface area contributed by atoms with Gasteiger partial charge in [-0.3, -0.25) is 19.2 Å². The first-order chi connectivity index (χ1) is 20.4. The van der Waals surface area contributed by atoms with Gasteiger partial charge in [-0.2, -0.15) is 0 Å². The standard InChI is InChI=1S/C33H15NO4S4/c1-34-24-30-22(12-14(39-30)10-20-26(35)16-6-2-3-7-17(16)27(20)36)41-32(24)33-25(34)31-23(42-33)13-15(40-31)11-21-28(37)18-8-4-5-9-19(18)29(21)38/h2-13H,1H3. The van der Waals surface area contributed by atoms with E-state index in [4.69, 9.17) is 0 Å². The zero-order valence-electron chi connectivity index (χ0n) is 21.6. The molecule has 0 spiro atoms. The van der Waals surface area contributed by atoms with Crippen LogP contribution in [0.3, 0.4) is 0 Å². The van der Waals surface area contributed by atoms with Crippen LogP contribution in [0.2, 0.25) is 0 Å². The first kappa shape index (κ1) is 24.3. The number of hydrogen-bond acceptors (Lipinski definition) is 8. The lowest BCUT2D eigenvalue weighted by Crippen LogP contribution is -1.99. The predicted octanol–water partition coefficient (Wildman–Crippen LogP) is 8.81. The number of allylic oxidation sites excluding steroid dienone is 2. The number of ketones is 4. The molecule has 2 aliphatic rings. The van der Waals surface area contributed by atoms with Gasteiger partial charge in [-0.15, -0.1) is 45.3 Å². The molecule has 42 heavy (non-hydrogen) atoms. The fourth-order valence-electron chi connectivity index (χ4n) is 6.05. The Kier molecular flexibility index (Phi) is 4.86. The van der Waals surface area contributed by atoms with E-state index in [1.807, 2.05) is 0 Å². The highest BCUT2D eigenvalue weighted by atomic mass is 32.1. The number of carbonyl (C=O) groups excluding carboxylic acids is 4. The summed E-state index contributed by atoms with van der Waals surface area (Å²) >= 11 is 6.64. The van der Waals surface area contributed by atoms with Gasteiger partial charge in [-0.25, -0.2) is 0 Å². The van der Waals surface area contributed by atoms with Crippen LogP contribution in [0.5, 0.6) is 0 Å². The van der Waals surface area contributed by atoms with Crippen molar-refractivity contribution in [3.63, 3.8) is 0 Å². The van der Waals surface area contributed by atoms with Gasteiger partial charge in [0.15, 0.2) is 23.1 Å². The fourth-order valence-corrected chi connectivity index (χ4v) is 11.5. The van der Waals surface area contributed by atoms with Crippen molar-refractivity contribution < 1.29 is 19.2 Å². The molecule has 0 aliphatic heterocycles. The summed E-state index contributed by atoms with van der Waals surface area (Å²) in [7, 11) is 2.07. The van der Waals surface area contributed by atoms with E-state index in [1.165, 1.54) is 9.40 Å². The Labute approximate surface area is 253 Å². The lowest BCUT2D eigenvalue weighted by Gasteiger charge is -1.95. The van der Waals surface area contributed by atoms with Crippen molar-refractivity contribution in [3.8, 4) is 0 Å². The quantitative estimate of drug-likeness (QED) is 0.144. The second-order valence-electron chi connectivity index (χ2n) is 10.3. The van der Waals surface area contributed by atoms with Gasteiger partial charge in [0.25, 0.3) is 0 Å². The van der Waals surface area contributed by atoms with Crippen molar-refractivity contribution in [3.05, 3.63) is 104 Å². The van der Waals surface area contributed by atoms with E-state index in [2.05, 4.69) is 23.7 Å². The second kappa shape index (κ2) is 8.39. The van der Waals surface area contributed by atoms with Gasteiger partial charge in [-0.1, -0.05) is 48.5 Å². The van der Waals surface area contributed by atoms with Crippen molar-refractivity contribution in [2.75, 3.05) is 0 Å².